The monoisotopic (exact) mass is 386 g/mol. The average Bonchev–Trinajstić information content (AvgIpc) is 3.40. The van der Waals surface area contributed by atoms with Crippen LogP contribution in [-0.2, 0) is 9.53 Å². The van der Waals surface area contributed by atoms with Crippen molar-refractivity contribution in [2.45, 2.75) is 44.2 Å². The highest BCUT2D eigenvalue weighted by Gasteiger charge is 2.38. The molecule has 3 amide bonds. The first kappa shape index (κ1) is 18.6. The van der Waals surface area contributed by atoms with Crippen LogP contribution in [-0.4, -0.2) is 59.0 Å². The topological polar surface area (TPSA) is 113 Å². The van der Waals surface area contributed by atoms with Crippen molar-refractivity contribution >= 4 is 23.7 Å². The van der Waals surface area contributed by atoms with E-state index in [1.54, 1.807) is 0 Å². The molecule has 1 aromatic carbocycles. The maximum atomic E-state index is 12.7. The number of nitrogens with zero attached hydrogens (tertiary/aromatic N) is 1. The molecule has 1 unspecified atom stereocenters. The Kier molecular flexibility index (Phi) is 4.89. The molecule has 1 saturated carbocycles. The number of ether oxygens (including phenoxy) is 1. The smallest absolute Gasteiger partial charge is 0.306 e. The van der Waals surface area contributed by atoms with Crippen LogP contribution >= 0.6 is 0 Å². The number of hydrogen-bond donors (Lipinski definition) is 2. The summed E-state index contributed by atoms with van der Waals surface area (Å²) < 4.78 is 5.52. The highest BCUT2D eigenvalue weighted by molar-refractivity contribution is 6.22. The zero-order chi connectivity index (χ0) is 19.8. The number of carbonyl (C=O) groups is 4. The van der Waals surface area contributed by atoms with Crippen molar-refractivity contribution < 1.29 is 29.0 Å². The molecule has 0 aromatic heterocycles. The molecular formula is C20H22N2O6. The molecule has 2 heterocycles. The van der Waals surface area contributed by atoms with Crippen LogP contribution in [0.1, 0.15) is 63.2 Å². The number of carbonyl (C=O) groups excluding carboxylic acids is 3. The van der Waals surface area contributed by atoms with E-state index in [1.165, 1.54) is 23.1 Å². The van der Waals surface area contributed by atoms with Crippen LogP contribution in [0.25, 0.3) is 0 Å². The summed E-state index contributed by atoms with van der Waals surface area (Å²) in [6, 6.07) is 4.28. The molecule has 8 nitrogen and oxygen atoms in total. The van der Waals surface area contributed by atoms with E-state index in [0.717, 1.165) is 12.8 Å². The minimum absolute atomic E-state index is 0.130. The molecule has 8 heteroatoms. The summed E-state index contributed by atoms with van der Waals surface area (Å²) in [5, 5.41) is 11.9. The Morgan fingerprint density at radius 1 is 1.14 bits per heavy atom. The van der Waals surface area contributed by atoms with Crippen molar-refractivity contribution in [1.29, 1.82) is 0 Å². The van der Waals surface area contributed by atoms with Crippen molar-refractivity contribution in [2.75, 3.05) is 13.2 Å². The van der Waals surface area contributed by atoms with Crippen molar-refractivity contribution in [3.05, 3.63) is 34.9 Å². The lowest BCUT2D eigenvalue weighted by Crippen LogP contribution is -2.36. The maximum absolute atomic E-state index is 12.7. The van der Waals surface area contributed by atoms with Gasteiger partial charge in [0.2, 0.25) is 0 Å². The zero-order valence-corrected chi connectivity index (χ0v) is 15.3. The van der Waals surface area contributed by atoms with Gasteiger partial charge in [0.15, 0.2) is 0 Å². The Labute approximate surface area is 161 Å². The largest absolute Gasteiger partial charge is 0.481 e. The maximum Gasteiger partial charge on any atom is 0.306 e. The van der Waals surface area contributed by atoms with E-state index in [4.69, 9.17) is 9.84 Å². The van der Waals surface area contributed by atoms with E-state index >= 15 is 0 Å². The number of aliphatic carboxylic acids is 1. The zero-order valence-electron chi connectivity index (χ0n) is 15.3. The van der Waals surface area contributed by atoms with Gasteiger partial charge in [-0.3, -0.25) is 24.1 Å². The van der Waals surface area contributed by atoms with Crippen LogP contribution in [0.4, 0.5) is 0 Å². The predicted octanol–water partition coefficient (Wildman–Crippen LogP) is 1.44. The second kappa shape index (κ2) is 7.35. The van der Waals surface area contributed by atoms with Crippen LogP contribution in [0.5, 0.6) is 0 Å². The molecule has 0 spiro atoms. The lowest BCUT2D eigenvalue weighted by atomic mass is 10.0. The summed E-state index contributed by atoms with van der Waals surface area (Å²) in [7, 11) is 0. The first-order valence-corrected chi connectivity index (χ1v) is 9.59. The summed E-state index contributed by atoms with van der Waals surface area (Å²) in [5.41, 5.74) is 0.814. The molecule has 0 radical (unpaired) electrons. The number of imide groups is 1. The summed E-state index contributed by atoms with van der Waals surface area (Å²) >= 11 is 0. The Morgan fingerprint density at radius 3 is 2.61 bits per heavy atom. The molecule has 1 saturated heterocycles. The standard InChI is InChI=1S/C20H22N2O6/c23-17(21-13-5-3-12(8-13)20(26)27)11-4-6-15-16(9-11)19(25)22(18(15)24)10-14-2-1-7-28-14/h4,6,9,12-14H,1-3,5,7-8,10H2,(H,21,23)(H,26,27)/t12-,13+,14?/m0/s1. The first-order valence-electron chi connectivity index (χ1n) is 9.59. The van der Waals surface area contributed by atoms with Gasteiger partial charge >= 0.3 is 5.97 Å². The Hall–Kier alpha value is -2.74. The molecule has 2 fully saturated rings. The van der Waals surface area contributed by atoms with Gasteiger partial charge in [0.1, 0.15) is 0 Å². The van der Waals surface area contributed by atoms with Gasteiger partial charge in [-0.25, -0.2) is 0 Å². The van der Waals surface area contributed by atoms with Crippen LogP contribution < -0.4 is 5.32 Å². The average molecular weight is 386 g/mol. The number of carboxylic acids is 1. The molecule has 2 aliphatic heterocycles. The number of benzene rings is 1. The van der Waals surface area contributed by atoms with Gasteiger partial charge < -0.3 is 15.2 Å². The molecular weight excluding hydrogens is 364 g/mol. The third-order valence-corrected chi connectivity index (χ3v) is 5.76. The van der Waals surface area contributed by atoms with E-state index < -0.39 is 17.8 Å². The minimum Gasteiger partial charge on any atom is -0.481 e. The molecule has 28 heavy (non-hydrogen) atoms. The van der Waals surface area contributed by atoms with Crippen molar-refractivity contribution in [1.82, 2.24) is 10.2 Å². The van der Waals surface area contributed by atoms with Crippen LogP contribution in [0, 0.1) is 5.92 Å². The molecule has 1 aromatic rings. The van der Waals surface area contributed by atoms with Crippen LogP contribution in [0.2, 0.25) is 0 Å². The highest BCUT2D eigenvalue weighted by Crippen LogP contribution is 2.28. The van der Waals surface area contributed by atoms with Gasteiger partial charge in [-0.05, 0) is 50.3 Å². The van der Waals surface area contributed by atoms with Crippen LogP contribution in [0.15, 0.2) is 18.2 Å². The van der Waals surface area contributed by atoms with E-state index in [0.29, 0.717) is 31.4 Å². The number of hydrogen-bond acceptors (Lipinski definition) is 5. The van der Waals surface area contributed by atoms with Crippen molar-refractivity contribution in [3.63, 3.8) is 0 Å². The lowest BCUT2D eigenvalue weighted by molar-refractivity contribution is -0.141. The van der Waals surface area contributed by atoms with Crippen molar-refractivity contribution in [2.24, 2.45) is 5.92 Å². The Morgan fingerprint density at radius 2 is 1.93 bits per heavy atom. The number of rotatable bonds is 5. The molecule has 3 aliphatic rings. The van der Waals surface area contributed by atoms with E-state index in [1.807, 2.05) is 0 Å². The predicted molar refractivity (Wildman–Crippen MR) is 97.0 cm³/mol. The molecule has 1 aliphatic carbocycles. The summed E-state index contributed by atoms with van der Waals surface area (Å²) in [6.07, 6.45) is 3.16. The van der Waals surface area contributed by atoms with Crippen LogP contribution in [0.3, 0.4) is 0 Å². The molecule has 3 atom stereocenters. The summed E-state index contributed by atoms with van der Waals surface area (Å²) in [6.45, 7) is 0.870. The molecule has 2 N–H and O–H groups in total. The highest BCUT2D eigenvalue weighted by atomic mass is 16.5. The van der Waals surface area contributed by atoms with E-state index in [2.05, 4.69) is 5.32 Å². The van der Waals surface area contributed by atoms with Gasteiger partial charge in [0.25, 0.3) is 17.7 Å². The summed E-state index contributed by atoms with van der Waals surface area (Å²) in [4.78, 5) is 50.0. The molecule has 4 rings (SSSR count). The van der Waals surface area contributed by atoms with Gasteiger partial charge in [0.05, 0.1) is 29.7 Å². The Bertz CT molecular complexity index is 845. The number of fused-ring (bicyclic) bond motifs is 1. The van der Waals surface area contributed by atoms with Crippen molar-refractivity contribution in [3.8, 4) is 0 Å². The third-order valence-electron chi connectivity index (χ3n) is 5.76. The SMILES string of the molecule is O=C(N[C@@H]1CC[C@H](C(=O)O)C1)c1ccc2c(c1)C(=O)N(CC1CCCO1)C2=O. The molecule has 148 valence electrons. The minimum atomic E-state index is -0.843. The fourth-order valence-electron chi connectivity index (χ4n) is 4.20. The normalized spacial score (nSPS) is 26.6. The number of amides is 3. The summed E-state index contributed by atoms with van der Waals surface area (Å²) in [5.74, 6) is -2.41. The second-order valence-electron chi connectivity index (χ2n) is 7.63. The van der Waals surface area contributed by atoms with E-state index in [-0.39, 0.29) is 41.6 Å². The fraction of sp³-hybridized carbons (Fsp3) is 0.500. The lowest BCUT2D eigenvalue weighted by Gasteiger charge is -2.17. The quantitative estimate of drug-likeness (QED) is 0.741. The fourth-order valence-corrected chi connectivity index (χ4v) is 4.20. The van der Waals surface area contributed by atoms with Gasteiger partial charge in [-0.1, -0.05) is 0 Å². The first-order chi connectivity index (χ1) is 13.4. The van der Waals surface area contributed by atoms with Gasteiger partial charge in [-0.15, -0.1) is 0 Å². The second-order valence-corrected chi connectivity index (χ2v) is 7.63. The third kappa shape index (κ3) is 3.40. The Balaban J connectivity index is 1.45. The van der Waals surface area contributed by atoms with Gasteiger partial charge in [-0.2, -0.15) is 0 Å². The number of nitrogens with one attached hydrogen (secondary N) is 1. The van der Waals surface area contributed by atoms with E-state index in [9.17, 15) is 19.2 Å². The van der Waals surface area contributed by atoms with Gasteiger partial charge in [0, 0.05) is 18.2 Å². The molecule has 0 bridgehead atoms. The number of carboxylic acid groups (broad SMARTS) is 1.